The summed E-state index contributed by atoms with van der Waals surface area (Å²) in [7, 11) is 0. The van der Waals surface area contributed by atoms with Crippen molar-refractivity contribution >= 4 is 11.8 Å². The Kier molecular flexibility index (Phi) is 5.60. The molecule has 1 rings (SSSR count). The molecule has 5 heteroatoms. The van der Waals surface area contributed by atoms with Gasteiger partial charge in [0.2, 0.25) is 5.91 Å². The van der Waals surface area contributed by atoms with Crippen molar-refractivity contribution < 1.29 is 14.0 Å². The molecule has 5 nitrogen and oxygen atoms in total. The average molecular weight is 266 g/mol. The quantitative estimate of drug-likeness (QED) is 0.742. The van der Waals surface area contributed by atoms with Crippen LogP contribution in [0.15, 0.2) is 22.8 Å². The summed E-state index contributed by atoms with van der Waals surface area (Å²) in [6.45, 7) is 6.47. The zero-order chi connectivity index (χ0) is 14.3. The van der Waals surface area contributed by atoms with Crippen molar-refractivity contribution in [1.29, 1.82) is 0 Å². The first-order valence-electron chi connectivity index (χ1n) is 6.57. The molecule has 0 unspecified atom stereocenters. The van der Waals surface area contributed by atoms with E-state index in [4.69, 9.17) is 4.42 Å². The molecule has 2 amide bonds. The first kappa shape index (κ1) is 15.3. The molecule has 0 bridgehead atoms. The second-order valence-corrected chi connectivity index (χ2v) is 5.12. The lowest BCUT2D eigenvalue weighted by Crippen LogP contribution is -2.42. The molecule has 1 heterocycles. The lowest BCUT2D eigenvalue weighted by atomic mass is 10.0. The van der Waals surface area contributed by atoms with E-state index < -0.39 is 0 Å². The van der Waals surface area contributed by atoms with Gasteiger partial charge in [-0.15, -0.1) is 0 Å². The summed E-state index contributed by atoms with van der Waals surface area (Å²) >= 11 is 0. The maximum Gasteiger partial charge on any atom is 0.286 e. The summed E-state index contributed by atoms with van der Waals surface area (Å²) in [4.78, 5) is 23.2. The highest BCUT2D eigenvalue weighted by molar-refractivity contribution is 5.91. The average Bonchev–Trinajstić information content (AvgIpc) is 2.87. The fourth-order valence-corrected chi connectivity index (χ4v) is 1.47. The number of amides is 2. The molecular formula is C14H22N2O3. The smallest absolute Gasteiger partial charge is 0.286 e. The van der Waals surface area contributed by atoms with Crippen molar-refractivity contribution in [2.45, 2.75) is 45.6 Å². The fourth-order valence-electron chi connectivity index (χ4n) is 1.47. The Hall–Kier alpha value is -1.78. The second kappa shape index (κ2) is 6.97. The summed E-state index contributed by atoms with van der Waals surface area (Å²) < 4.78 is 4.96. The van der Waals surface area contributed by atoms with Gasteiger partial charge in [0.05, 0.1) is 6.26 Å². The van der Waals surface area contributed by atoms with Crippen LogP contribution >= 0.6 is 0 Å². The van der Waals surface area contributed by atoms with Crippen LogP contribution in [-0.4, -0.2) is 23.9 Å². The topological polar surface area (TPSA) is 71.3 Å². The zero-order valence-electron chi connectivity index (χ0n) is 11.8. The molecular weight excluding hydrogens is 244 g/mol. The van der Waals surface area contributed by atoms with Gasteiger partial charge < -0.3 is 15.1 Å². The Balaban J connectivity index is 2.17. The van der Waals surface area contributed by atoms with Crippen LogP contribution in [0.3, 0.4) is 0 Å². The fraction of sp³-hybridized carbons (Fsp3) is 0.571. The highest BCUT2D eigenvalue weighted by atomic mass is 16.3. The van der Waals surface area contributed by atoms with E-state index in [1.54, 1.807) is 12.1 Å². The van der Waals surface area contributed by atoms with E-state index in [1.807, 2.05) is 20.8 Å². The van der Waals surface area contributed by atoms with Crippen molar-refractivity contribution in [3.8, 4) is 0 Å². The van der Waals surface area contributed by atoms with Crippen LogP contribution in [0.5, 0.6) is 0 Å². The lowest BCUT2D eigenvalue weighted by Gasteiger charge is -2.24. The molecule has 0 atom stereocenters. The Labute approximate surface area is 113 Å². The first-order chi connectivity index (χ1) is 8.94. The third kappa shape index (κ3) is 5.59. The van der Waals surface area contributed by atoms with Crippen LogP contribution in [0, 0.1) is 0 Å². The molecule has 0 fully saturated rings. The summed E-state index contributed by atoms with van der Waals surface area (Å²) in [6.07, 6.45) is 3.35. The third-order valence-electron chi connectivity index (χ3n) is 2.97. The second-order valence-electron chi connectivity index (χ2n) is 5.12. The normalized spacial score (nSPS) is 11.1. The van der Waals surface area contributed by atoms with Gasteiger partial charge in [0, 0.05) is 18.5 Å². The Bertz CT molecular complexity index is 410. The summed E-state index contributed by atoms with van der Waals surface area (Å²) in [5, 5.41) is 5.66. The number of hydrogen-bond acceptors (Lipinski definition) is 3. The highest BCUT2D eigenvalue weighted by Crippen LogP contribution is 2.07. The van der Waals surface area contributed by atoms with Crippen LogP contribution in [-0.2, 0) is 4.79 Å². The number of nitrogens with one attached hydrogen (secondary N) is 2. The van der Waals surface area contributed by atoms with Crippen molar-refractivity contribution in [2.75, 3.05) is 6.54 Å². The first-order valence-corrected chi connectivity index (χ1v) is 6.57. The lowest BCUT2D eigenvalue weighted by molar-refractivity contribution is -0.122. The molecule has 0 radical (unpaired) electrons. The minimum absolute atomic E-state index is 0.0131. The van der Waals surface area contributed by atoms with Crippen LogP contribution in [0.1, 0.15) is 50.6 Å². The molecule has 0 aliphatic heterocycles. The predicted molar refractivity (Wildman–Crippen MR) is 72.8 cm³/mol. The van der Waals surface area contributed by atoms with Gasteiger partial charge >= 0.3 is 0 Å². The van der Waals surface area contributed by atoms with E-state index in [2.05, 4.69) is 10.6 Å². The Morgan fingerprint density at radius 2 is 2.11 bits per heavy atom. The molecule has 1 aromatic rings. The Morgan fingerprint density at radius 3 is 2.68 bits per heavy atom. The van der Waals surface area contributed by atoms with E-state index in [0.29, 0.717) is 19.4 Å². The molecule has 0 aliphatic rings. The third-order valence-corrected chi connectivity index (χ3v) is 2.97. The van der Waals surface area contributed by atoms with Crippen molar-refractivity contribution in [1.82, 2.24) is 10.6 Å². The summed E-state index contributed by atoms with van der Waals surface area (Å²) in [5.74, 6) is 0.0509. The molecule has 0 aliphatic carbocycles. The SMILES string of the molecule is CCC(C)(C)NC(=O)CCCNC(=O)c1ccco1. The minimum atomic E-state index is -0.251. The number of furan rings is 1. The minimum Gasteiger partial charge on any atom is -0.459 e. The molecule has 1 aromatic heterocycles. The van der Waals surface area contributed by atoms with E-state index in [0.717, 1.165) is 6.42 Å². The monoisotopic (exact) mass is 266 g/mol. The number of rotatable bonds is 7. The van der Waals surface area contributed by atoms with E-state index in [9.17, 15) is 9.59 Å². The van der Waals surface area contributed by atoms with Crippen LogP contribution in [0.25, 0.3) is 0 Å². The Morgan fingerprint density at radius 1 is 1.37 bits per heavy atom. The van der Waals surface area contributed by atoms with Gasteiger partial charge in [0.25, 0.3) is 5.91 Å². The number of carbonyl (C=O) groups excluding carboxylic acids is 2. The van der Waals surface area contributed by atoms with Gasteiger partial charge in [-0.1, -0.05) is 6.92 Å². The molecule has 0 aromatic carbocycles. The molecule has 19 heavy (non-hydrogen) atoms. The standard InChI is InChI=1S/C14H22N2O3/c1-4-14(2,3)16-12(17)8-5-9-15-13(18)11-7-6-10-19-11/h6-7,10H,4-5,8-9H2,1-3H3,(H,15,18)(H,16,17). The van der Waals surface area contributed by atoms with Crippen LogP contribution in [0.2, 0.25) is 0 Å². The van der Waals surface area contributed by atoms with E-state index >= 15 is 0 Å². The van der Waals surface area contributed by atoms with Crippen LogP contribution < -0.4 is 10.6 Å². The molecule has 2 N–H and O–H groups in total. The van der Waals surface area contributed by atoms with Crippen molar-refractivity contribution in [3.05, 3.63) is 24.2 Å². The number of hydrogen-bond donors (Lipinski definition) is 2. The zero-order valence-corrected chi connectivity index (χ0v) is 11.8. The van der Waals surface area contributed by atoms with Gasteiger partial charge in [0.1, 0.15) is 0 Å². The van der Waals surface area contributed by atoms with Gasteiger partial charge in [-0.2, -0.15) is 0 Å². The van der Waals surface area contributed by atoms with Gasteiger partial charge in [0.15, 0.2) is 5.76 Å². The molecule has 0 saturated carbocycles. The van der Waals surface area contributed by atoms with E-state index in [1.165, 1.54) is 6.26 Å². The van der Waals surface area contributed by atoms with Crippen LogP contribution in [0.4, 0.5) is 0 Å². The van der Waals surface area contributed by atoms with E-state index in [-0.39, 0.29) is 23.1 Å². The maximum absolute atomic E-state index is 11.6. The van der Waals surface area contributed by atoms with Gasteiger partial charge in [-0.25, -0.2) is 0 Å². The molecule has 106 valence electrons. The largest absolute Gasteiger partial charge is 0.459 e. The highest BCUT2D eigenvalue weighted by Gasteiger charge is 2.17. The molecule has 0 saturated heterocycles. The maximum atomic E-state index is 11.6. The summed E-state index contributed by atoms with van der Waals surface area (Å²) in [6, 6.07) is 3.26. The molecule has 0 spiro atoms. The van der Waals surface area contributed by atoms with Gasteiger partial charge in [-0.05, 0) is 38.8 Å². The number of carbonyl (C=O) groups is 2. The van der Waals surface area contributed by atoms with Gasteiger partial charge in [-0.3, -0.25) is 9.59 Å². The van der Waals surface area contributed by atoms with Crippen molar-refractivity contribution in [3.63, 3.8) is 0 Å². The predicted octanol–water partition coefficient (Wildman–Crippen LogP) is 2.09. The summed E-state index contributed by atoms with van der Waals surface area (Å²) in [5.41, 5.74) is -0.172. The van der Waals surface area contributed by atoms with Crippen molar-refractivity contribution in [2.24, 2.45) is 0 Å².